The number of aliphatic hydroxyl groups excluding tert-OH is 1. The topological polar surface area (TPSA) is 79.8 Å². The number of hydrogen-bond acceptors (Lipinski definition) is 5. The van der Waals surface area contributed by atoms with Crippen LogP contribution in [-0.4, -0.2) is 37.9 Å². The second kappa shape index (κ2) is 11.5. The Morgan fingerprint density at radius 1 is 1.14 bits per heavy atom. The second-order valence-corrected chi connectivity index (χ2v) is 6.81. The van der Waals surface area contributed by atoms with Crippen molar-refractivity contribution >= 4 is 23.2 Å². The number of aryl methyl sites for hydroxylation is 1. The van der Waals surface area contributed by atoms with Gasteiger partial charge in [0, 0.05) is 29.9 Å². The molecule has 152 valence electrons. The number of carbonyl (C=O) groups excluding carboxylic acids is 1. The summed E-state index contributed by atoms with van der Waals surface area (Å²) in [5.74, 6) is 0.659. The summed E-state index contributed by atoms with van der Waals surface area (Å²) in [6.07, 6.45) is 1.66. The van der Waals surface area contributed by atoms with E-state index < -0.39 is 0 Å². The zero-order chi connectivity index (χ0) is 20.4. The largest absolute Gasteiger partial charge is 0.493 e. The molecule has 6 nitrogen and oxygen atoms in total. The Labute approximate surface area is 170 Å². The van der Waals surface area contributed by atoms with Gasteiger partial charge in [0.15, 0.2) is 18.1 Å². The van der Waals surface area contributed by atoms with E-state index >= 15 is 0 Å². The van der Waals surface area contributed by atoms with E-state index in [0.29, 0.717) is 28.8 Å². The van der Waals surface area contributed by atoms with Gasteiger partial charge < -0.3 is 25.2 Å². The van der Waals surface area contributed by atoms with Gasteiger partial charge in [-0.25, -0.2) is 0 Å². The van der Waals surface area contributed by atoms with Gasteiger partial charge in [0.05, 0.1) is 7.11 Å². The minimum atomic E-state index is -0.267. The van der Waals surface area contributed by atoms with E-state index in [1.807, 2.05) is 31.2 Å². The molecule has 0 aliphatic rings. The van der Waals surface area contributed by atoms with Crippen molar-refractivity contribution in [3.63, 3.8) is 0 Å². The number of amides is 1. The summed E-state index contributed by atoms with van der Waals surface area (Å²) in [4.78, 5) is 12.1. The summed E-state index contributed by atoms with van der Waals surface area (Å²) in [5.41, 5.74) is 2.71. The van der Waals surface area contributed by atoms with E-state index in [4.69, 9.17) is 26.2 Å². The molecule has 0 bridgehead atoms. The van der Waals surface area contributed by atoms with Gasteiger partial charge in [-0.2, -0.15) is 0 Å². The fraction of sp³-hybridized carbons (Fsp3) is 0.381. The number of unbranched alkanes of at least 4 members (excludes halogenated alkanes) is 1. The number of anilines is 1. The number of carbonyl (C=O) groups is 1. The van der Waals surface area contributed by atoms with Gasteiger partial charge in [-0.05, 0) is 50.1 Å². The van der Waals surface area contributed by atoms with Crippen LogP contribution in [-0.2, 0) is 11.3 Å². The number of halogens is 1. The molecule has 28 heavy (non-hydrogen) atoms. The molecular weight excluding hydrogens is 380 g/mol. The third-order valence-electron chi connectivity index (χ3n) is 4.10. The molecule has 0 aliphatic carbocycles. The highest BCUT2D eigenvalue weighted by molar-refractivity contribution is 6.31. The number of benzene rings is 2. The third-order valence-corrected chi connectivity index (χ3v) is 4.46. The highest BCUT2D eigenvalue weighted by atomic mass is 35.5. The molecule has 0 atom stereocenters. The lowest BCUT2D eigenvalue weighted by Crippen LogP contribution is -2.20. The molecule has 0 fully saturated rings. The van der Waals surface area contributed by atoms with Crippen LogP contribution in [0.4, 0.5) is 5.69 Å². The van der Waals surface area contributed by atoms with Crippen LogP contribution >= 0.6 is 11.6 Å². The van der Waals surface area contributed by atoms with Crippen LogP contribution in [0.1, 0.15) is 24.0 Å². The molecule has 0 saturated carbocycles. The van der Waals surface area contributed by atoms with Crippen LogP contribution in [0.3, 0.4) is 0 Å². The Kier molecular flexibility index (Phi) is 9.07. The van der Waals surface area contributed by atoms with Gasteiger partial charge in [0.2, 0.25) is 0 Å². The first-order valence-electron chi connectivity index (χ1n) is 9.20. The van der Waals surface area contributed by atoms with Crippen LogP contribution in [0.5, 0.6) is 11.5 Å². The zero-order valence-corrected chi connectivity index (χ0v) is 17.0. The summed E-state index contributed by atoms with van der Waals surface area (Å²) < 4.78 is 11.0. The van der Waals surface area contributed by atoms with Crippen molar-refractivity contribution < 1.29 is 19.4 Å². The fourth-order valence-corrected chi connectivity index (χ4v) is 2.77. The number of nitrogens with one attached hydrogen (secondary N) is 2. The minimum Gasteiger partial charge on any atom is -0.493 e. The molecule has 1 amide bonds. The van der Waals surface area contributed by atoms with Crippen molar-refractivity contribution in [2.24, 2.45) is 0 Å². The highest BCUT2D eigenvalue weighted by Gasteiger charge is 2.12. The molecule has 2 aromatic rings. The van der Waals surface area contributed by atoms with Gasteiger partial charge in [0.25, 0.3) is 5.91 Å². The van der Waals surface area contributed by atoms with Gasteiger partial charge in [-0.15, -0.1) is 0 Å². The van der Waals surface area contributed by atoms with Crippen molar-refractivity contribution in [2.75, 3.05) is 32.2 Å². The van der Waals surface area contributed by atoms with Crippen molar-refractivity contribution in [2.45, 2.75) is 26.3 Å². The van der Waals surface area contributed by atoms with Gasteiger partial charge in [-0.3, -0.25) is 4.79 Å². The van der Waals surface area contributed by atoms with Gasteiger partial charge in [-0.1, -0.05) is 29.3 Å². The highest BCUT2D eigenvalue weighted by Crippen LogP contribution is 2.33. The number of aliphatic hydroxyl groups is 1. The third kappa shape index (κ3) is 7.03. The lowest BCUT2D eigenvalue weighted by Gasteiger charge is -2.14. The number of methoxy groups -OCH3 is 1. The summed E-state index contributed by atoms with van der Waals surface area (Å²) in [6.45, 7) is 3.39. The van der Waals surface area contributed by atoms with Gasteiger partial charge in [0.1, 0.15) is 0 Å². The van der Waals surface area contributed by atoms with Crippen molar-refractivity contribution in [1.29, 1.82) is 0 Å². The lowest BCUT2D eigenvalue weighted by molar-refractivity contribution is -0.118. The van der Waals surface area contributed by atoms with Crippen LogP contribution in [0.25, 0.3) is 0 Å². The molecule has 0 radical (unpaired) electrons. The fourth-order valence-electron chi connectivity index (χ4n) is 2.55. The summed E-state index contributed by atoms with van der Waals surface area (Å²) >= 11 is 6.34. The quantitative estimate of drug-likeness (QED) is 0.497. The molecule has 7 heteroatoms. The normalized spacial score (nSPS) is 10.6. The van der Waals surface area contributed by atoms with Crippen molar-refractivity contribution in [3.05, 3.63) is 52.5 Å². The first-order valence-corrected chi connectivity index (χ1v) is 9.58. The van der Waals surface area contributed by atoms with E-state index in [1.54, 1.807) is 19.2 Å². The molecule has 3 N–H and O–H groups in total. The number of rotatable bonds is 11. The van der Waals surface area contributed by atoms with E-state index in [-0.39, 0.29) is 19.1 Å². The van der Waals surface area contributed by atoms with Crippen LogP contribution < -0.4 is 20.1 Å². The molecular formula is C21H27ClN2O4. The Hall–Kier alpha value is -2.28. The zero-order valence-electron chi connectivity index (χ0n) is 16.3. The summed E-state index contributed by atoms with van der Waals surface area (Å²) in [6, 6.07) is 11.0. The molecule has 2 rings (SSSR count). The SMILES string of the molecule is COc1cc(CNCCCCO)c(Cl)cc1OCC(=O)Nc1ccc(C)cc1. The molecule has 2 aromatic carbocycles. The van der Waals surface area contributed by atoms with Gasteiger partial charge >= 0.3 is 0 Å². The van der Waals surface area contributed by atoms with E-state index in [9.17, 15) is 4.79 Å². The van der Waals surface area contributed by atoms with Crippen LogP contribution in [0.2, 0.25) is 5.02 Å². The predicted octanol–water partition coefficient (Wildman–Crippen LogP) is 3.54. The Morgan fingerprint density at radius 3 is 2.57 bits per heavy atom. The monoisotopic (exact) mass is 406 g/mol. The first-order chi connectivity index (χ1) is 13.5. The lowest BCUT2D eigenvalue weighted by atomic mass is 10.2. The minimum absolute atomic E-state index is 0.153. The standard InChI is InChI=1S/C21H27ClN2O4/c1-15-5-7-17(8-6-15)24-21(26)14-28-20-12-18(22)16(11-19(20)27-2)13-23-9-3-4-10-25/h5-8,11-12,23,25H,3-4,9-10,13-14H2,1-2H3,(H,24,26). The molecule has 0 aromatic heterocycles. The Balaban J connectivity index is 1.92. The Morgan fingerprint density at radius 2 is 1.89 bits per heavy atom. The van der Waals surface area contributed by atoms with Crippen LogP contribution in [0, 0.1) is 6.92 Å². The Bertz CT molecular complexity index is 766. The van der Waals surface area contributed by atoms with E-state index in [0.717, 1.165) is 30.5 Å². The van der Waals surface area contributed by atoms with E-state index in [2.05, 4.69) is 10.6 Å². The maximum absolute atomic E-state index is 12.1. The second-order valence-electron chi connectivity index (χ2n) is 6.40. The molecule has 0 unspecified atom stereocenters. The molecule has 0 saturated heterocycles. The maximum Gasteiger partial charge on any atom is 0.262 e. The first kappa shape index (κ1) is 22.0. The number of ether oxygens (including phenoxy) is 2. The summed E-state index contributed by atoms with van der Waals surface area (Å²) in [5, 5.41) is 15.4. The molecule has 0 heterocycles. The van der Waals surface area contributed by atoms with Crippen molar-refractivity contribution in [3.8, 4) is 11.5 Å². The number of hydrogen-bond donors (Lipinski definition) is 3. The summed E-state index contributed by atoms with van der Waals surface area (Å²) in [7, 11) is 1.54. The van der Waals surface area contributed by atoms with Crippen molar-refractivity contribution in [1.82, 2.24) is 5.32 Å². The average Bonchev–Trinajstić information content (AvgIpc) is 2.69. The smallest absolute Gasteiger partial charge is 0.262 e. The predicted molar refractivity (Wildman–Crippen MR) is 111 cm³/mol. The maximum atomic E-state index is 12.1. The van der Waals surface area contributed by atoms with E-state index in [1.165, 1.54) is 0 Å². The average molecular weight is 407 g/mol. The van der Waals surface area contributed by atoms with Crippen LogP contribution in [0.15, 0.2) is 36.4 Å². The molecule has 0 aliphatic heterocycles. The molecule has 0 spiro atoms.